The molecule has 2 N–H and O–H groups in total. The highest BCUT2D eigenvalue weighted by atomic mass is 16.1. The number of H-pyrrole nitrogens is 1. The lowest BCUT2D eigenvalue weighted by Crippen LogP contribution is -2.30. The fraction of sp³-hybridized carbons (Fsp3) is 0.750. The highest BCUT2D eigenvalue weighted by Crippen LogP contribution is 2.19. The van der Waals surface area contributed by atoms with Crippen molar-refractivity contribution in [2.75, 3.05) is 6.54 Å². The molecular formula is C8H14N4O. The van der Waals surface area contributed by atoms with Gasteiger partial charge in [0.1, 0.15) is 5.82 Å². The van der Waals surface area contributed by atoms with Gasteiger partial charge in [0.05, 0.1) is 6.04 Å². The Morgan fingerprint density at radius 2 is 2.38 bits per heavy atom. The molecule has 2 heterocycles. The molecule has 1 saturated heterocycles. The Bertz CT molecular complexity index is 334. The van der Waals surface area contributed by atoms with Crippen LogP contribution in [0.5, 0.6) is 0 Å². The maximum absolute atomic E-state index is 11.1. The second-order valence-electron chi connectivity index (χ2n) is 3.45. The third-order valence-corrected chi connectivity index (χ3v) is 2.54. The molecule has 1 aromatic heterocycles. The monoisotopic (exact) mass is 182 g/mol. The molecule has 1 aliphatic rings. The lowest BCUT2D eigenvalue weighted by Gasteiger charge is -2.21. The molecule has 1 aromatic rings. The smallest absolute Gasteiger partial charge is 0.307 e. The first-order valence-electron chi connectivity index (χ1n) is 4.63. The molecule has 5 heteroatoms. The average Bonchev–Trinajstić information content (AvgIpc) is 2.49. The van der Waals surface area contributed by atoms with Gasteiger partial charge in [-0.15, -0.1) is 0 Å². The Balaban J connectivity index is 2.23. The molecule has 5 nitrogen and oxygen atoms in total. The summed E-state index contributed by atoms with van der Waals surface area (Å²) in [5.41, 5.74) is -0.137. The summed E-state index contributed by atoms with van der Waals surface area (Å²) in [7, 11) is 1.75. The average molecular weight is 182 g/mol. The normalized spacial score (nSPS) is 23.3. The van der Waals surface area contributed by atoms with E-state index in [2.05, 4.69) is 15.5 Å². The summed E-state index contributed by atoms with van der Waals surface area (Å²) in [5.74, 6) is 0.824. The Morgan fingerprint density at radius 3 is 2.92 bits per heavy atom. The van der Waals surface area contributed by atoms with E-state index in [-0.39, 0.29) is 11.7 Å². The van der Waals surface area contributed by atoms with Gasteiger partial charge in [0, 0.05) is 7.05 Å². The molecule has 0 radical (unpaired) electrons. The van der Waals surface area contributed by atoms with E-state index < -0.39 is 0 Å². The van der Waals surface area contributed by atoms with Crippen LogP contribution in [-0.4, -0.2) is 21.3 Å². The summed E-state index contributed by atoms with van der Waals surface area (Å²) in [6.45, 7) is 1.02. The van der Waals surface area contributed by atoms with Crippen LogP contribution in [0.25, 0.3) is 0 Å². The second-order valence-corrected chi connectivity index (χ2v) is 3.45. The number of piperidine rings is 1. The van der Waals surface area contributed by atoms with Crippen LogP contribution in [-0.2, 0) is 7.05 Å². The van der Waals surface area contributed by atoms with Crippen LogP contribution in [0.1, 0.15) is 31.1 Å². The first-order valence-corrected chi connectivity index (χ1v) is 4.63. The molecule has 1 atom stereocenters. The standard InChI is InChI=1S/C8H14N4O/c1-12-7(10-11-8(12)13)6-4-2-3-5-9-6/h6,9H,2-5H2,1H3,(H,11,13). The molecule has 0 saturated carbocycles. The number of aromatic amines is 1. The molecule has 0 aliphatic carbocycles. The van der Waals surface area contributed by atoms with Crippen molar-refractivity contribution in [2.24, 2.45) is 7.05 Å². The zero-order chi connectivity index (χ0) is 9.26. The Morgan fingerprint density at radius 1 is 1.54 bits per heavy atom. The van der Waals surface area contributed by atoms with E-state index >= 15 is 0 Å². The van der Waals surface area contributed by atoms with Crippen LogP contribution in [0.2, 0.25) is 0 Å². The van der Waals surface area contributed by atoms with Gasteiger partial charge in [0.15, 0.2) is 0 Å². The molecule has 1 fully saturated rings. The molecule has 0 amide bonds. The van der Waals surface area contributed by atoms with Crippen molar-refractivity contribution in [3.05, 3.63) is 16.3 Å². The number of rotatable bonds is 1. The molecule has 2 rings (SSSR count). The molecule has 1 aliphatic heterocycles. The zero-order valence-electron chi connectivity index (χ0n) is 7.71. The molecule has 0 bridgehead atoms. The van der Waals surface area contributed by atoms with Crippen LogP contribution in [0.15, 0.2) is 4.79 Å². The number of hydrogen-bond acceptors (Lipinski definition) is 3. The van der Waals surface area contributed by atoms with Crippen LogP contribution in [0, 0.1) is 0 Å². The van der Waals surface area contributed by atoms with Crippen LogP contribution in [0.4, 0.5) is 0 Å². The molecule has 13 heavy (non-hydrogen) atoms. The maximum Gasteiger partial charge on any atom is 0.343 e. The van der Waals surface area contributed by atoms with Crippen LogP contribution in [0.3, 0.4) is 0 Å². The van der Waals surface area contributed by atoms with E-state index in [1.807, 2.05) is 0 Å². The fourth-order valence-electron chi connectivity index (χ4n) is 1.74. The maximum atomic E-state index is 11.1. The Labute approximate surface area is 76.2 Å². The van der Waals surface area contributed by atoms with Gasteiger partial charge in [0.25, 0.3) is 0 Å². The topological polar surface area (TPSA) is 62.7 Å². The van der Waals surface area contributed by atoms with Crippen LogP contribution >= 0.6 is 0 Å². The first-order chi connectivity index (χ1) is 6.29. The number of aromatic nitrogens is 3. The van der Waals surface area contributed by atoms with Crippen LogP contribution < -0.4 is 11.0 Å². The molecule has 1 unspecified atom stereocenters. The highest BCUT2D eigenvalue weighted by Gasteiger charge is 2.19. The van der Waals surface area contributed by atoms with Crippen molar-refractivity contribution < 1.29 is 0 Å². The second kappa shape index (κ2) is 3.33. The number of nitrogens with one attached hydrogen (secondary N) is 2. The lowest BCUT2D eigenvalue weighted by molar-refractivity contribution is 0.389. The van der Waals surface area contributed by atoms with E-state index in [0.29, 0.717) is 0 Å². The summed E-state index contributed by atoms with van der Waals surface area (Å²) in [4.78, 5) is 11.1. The summed E-state index contributed by atoms with van der Waals surface area (Å²) in [6, 6.07) is 0.248. The van der Waals surface area contributed by atoms with Gasteiger partial charge < -0.3 is 5.32 Å². The lowest BCUT2D eigenvalue weighted by atomic mass is 10.0. The number of hydrogen-bond donors (Lipinski definition) is 2. The summed E-state index contributed by atoms with van der Waals surface area (Å²) in [5, 5.41) is 9.80. The van der Waals surface area contributed by atoms with E-state index in [1.165, 1.54) is 12.8 Å². The van der Waals surface area contributed by atoms with Gasteiger partial charge in [-0.1, -0.05) is 6.42 Å². The predicted octanol–water partition coefficient (Wildman–Crippen LogP) is -0.0770. The van der Waals surface area contributed by atoms with E-state index in [9.17, 15) is 4.79 Å². The van der Waals surface area contributed by atoms with E-state index in [4.69, 9.17) is 0 Å². The molecule has 0 aromatic carbocycles. The van der Waals surface area contributed by atoms with Crippen molar-refractivity contribution in [1.82, 2.24) is 20.1 Å². The Hall–Kier alpha value is -1.10. The minimum Gasteiger partial charge on any atom is -0.307 e. The first kappa shape index (κ1) is 8.50. The van der Waals surface area contributed by atoms with E-state index in [0.717, 1.165) is 18.8 Å². The van der Waals surface area contributed by atoms with Crippen molar-refractivity contribution in [3.8, 4) is 0 Å². The van der Waals surface area contributed by atoms with Crippen molar-refractivity contribution in [2.45, 2.75) is 25.3 Å². The molecular weight excluding hydrogens is 168 g/mol. The quantitative estimate of drug-likeness (QED) is 0.638. The molecule has 72 valence electrons. The van der Waals surface area contributed by atoms with Gasteiger partial charge in [0.2, 0.25) is 0 Å². The minimum absolute atomic E-state index is 0.137. The van der Waals surface area contributed by atoms with Gasteiger partial charge in [-0.25, -0.2) is 9.89 Å². The minimum atomic E-state index is -0.137. The van der Waals surface area contributed by atoms with Gasteiger partial charge in [-0.05, 0) is 19.4 Å². The van der Waals surface area contributed by atoms with Gasteiger partial charge >= 0.3 is 5.69 Å². The van der Waals surface area contributed by atoms with Crippen molar-refractivity contribution >= 4 is 0 Å². The van der Waals surface area contributed by atoms with E-state index in [1.54, 1.807) is 11.6 Å². The SMILES string of the molecule is Cn1c(C2CCCCN2)n[nH]c1=O. The fourth-order valence-corrected chi connectivity index (χ4v) is 1.74. The van der Waals surface area contributed by atoms with Crippen molar-refractivity contribution in [1.29, 1.82) is 0 Å². The largest absolute Gasteiger partial charge is 0.343 e. The summed E-state index contributed by atoms with van der Waals surface area (Å²) in [6.07, 6.45) is 3.49. The third kappa shape index (κ3) is 1.51. The number of nitrogens with zero attached hydrogens (tertiary/aromatic N) is 2. The highest BCUT2D eigenvalue weighted by molar-refractivity contribution is 4.95. The van der Waals surface area contributed by atoms with Gasteiger partial charge in [-0.2, -0.15) is 5.10 Å². The predicted molar refractivity (Wildman–Crippen MR) is 48.4 cm³/mol. The van der Waals surface area contributed by atoms with Crippen molar-refractivity contribution in [3.63, 3.8) is 0 Å². The third-order valence-electron chi connectivity index (χ3n) is 2.54. The van der Waals surface area contributed by atoms with Gasteiger partial charge in [-0.3, -0.25) is 4.57 Å². The molecule has 0 spiro atoms. The Kier molecular flexibility index (Phi) is 2.18. The zero-order valence-corrected chi connectivity index (χ0v) is 7.71. The summed E-state index contributed by atoms with van der Waals surface area (Å²) < 4.78 is 1.57. The summed E-state index contributed by atoms with van der Waals surface area (Å²) >= 11 is 0.